The summed E-state index contributed by atoms with van der Waals surface area (Å²) < 4.78 is 9.99. The van der Waals surface area contributed by atoms with Gasteiger partial charge in [0.05, 0.1) is 12.8 Å². The Hall–Kier alpha value is -2.35. The molecule has 0 radical (unpaired) electrons. The van der Waals surface area contributed by atoms with Gasteiger partial charge in [-0.1, -0.05) is 0 Å². The Kier molecular flexibility index (Phi) is 4.59. The van der Waals surface area contributed by atoms with Crippen LogP contribution in [0.25, 0.3) is 0 Å². The summed E-state index contributed by atoms with van der Waals surface area (Å²) in [5.74, 6) is -2.12. The molecule has 0 aliphatic carbocycles. The highest BCUT2D eigenvalue weighted by Crippen LogP contribution is 2.20. The van der Waals surface area contributed by atoms with Crippen LogP contribution in [0, 0.1) is 0 Å². The van der Waals surface area contributed by atoms with Crippen LogP contribution in [0.3, 0.4) is 0 Å². The van der Waals surface area contributed by atoms with Crippen LogP contribution in [0.2, 0.25) is 0 Å². The highest BCUT2D eigenvalue weighted by molar-refractivity contribution is 5.95. The Bertz CT molecular complexity index is 519. The fraction of sp³-hybridized carbons (Fsp3) is 0.462. The summed E-state index contributed by atoms with van der Waals surface area (Å²) >= 11 is 0. The van der Waals surface area contributed by atoms with Crippen molar-refractivity contribution in [2.24, 2.45) is 0 Å². The smallest absolute Gasteiger partial charge is 0.329 e. The van der Waals surface area contributed by atoms with Gasteiger partial charge >= 0.3 is 5.97 Å². The molecule has 114 valence electrons. The average molecular weight is 296 g/mol. The minimum Gasteiger partial charge on any atom is -0.480 e. The lowest BCUT2D eigenvalue weighted by Crippen LogP contribution is -2.59. The molecule has 2 heterocycles. The molecule has 1 aliphatic rings. The number of furan rings is 1. The first-order chi connectivity index (χ1) is 10.0. The molecule has 2 rings (SSSR count). The molecule has 8 nitrogen and oxygen atoms in total. The van der Waals surface area contributed by atoms with Gasteiger partial charge in [0.2, 0.25) is 5.91 Å². The first-order valence-corrected chi connectivity index (χ1v) is 6.47. The van der Waals surface area contributed by atoms with E-state index in [1.807, 2.05) is 0 Å². The van der Waals surface area contributed by atoms with E-state index in [0.29, 0.717) is 0 Å². The van der Waals surface area contributed by atoms with Gasteiger partial charge in [-0.2, -0.15) is 0 Å². The maximum atomic E-state index is 11.8. The number of hydrogen-bond acceptors (Lipinski definition) is 5. The third kappa shape index (κ3) is 3.60. The second-order valence-corrected chi connectivity index (χ2v) is 4.71. The molecule has 1 saturated heterocycles. The number of carboxylic acids is 1. The number of ether oxygens (including phenoxy) is 1. The molecule has 21 heavy (non-hydrogen) atoms. The molecule has 8 heteroatoms. The van der Waals surface area contributed by atoms with Crippen molar-refractivity contribution in [2.75, 3.05) is 19.8 Å². The summed E-state index contributed by atoms with van der Waals surface area (Å²) in [6.45, 7) is 0.214. The molecule has 0 atom stereocenters. The Morgan fingerprint density at radius 3 is 2.57 bits per heavy atom. The maximum absolute atomic E-state index is 11.8. The second kappa shape index (κ2) is 6.40. The van der Waals surface area contributed by atoms with Gasteiger partial charge in [-0.3, -0.25) is 9.59 Å². The summed E-state index contributed by atoms with van der Waals surface area (Å²) in [4.78, 5) is 34.8. The van der Waals surface area contributed by atoms with Crippen molar-refractivity contribution in [1.29, 1.82) is 0 Å². The SMILES string of the molecule is O=C(CNC(=O)c1ccco1)NC1(C(=O)O)CCOCC1. The van der Waals surface area contributed by atoms with Gasteiger partial charge in [0.1, 0.15) is 5.54 Å². The molecule has 1 fully saturated rings. The molecule has 1 aromatic heterocycles. The monoisotopic (exact) mass is 296 g/mol. The Morgan fingerprint density at radius 2 is 2.00 bits per heavy atom. The van der Waals surface area contributed by atoms with Crippen molar-refractivity contribution >= 4 is 17.8 Å². The van der Waals surface area contributed by atoms with Gasteiger partial charge in [0, 0.05) is 26.1 Å². The number of carboxylic acid groups (broad SMARTS) is 1. The zero-order chi connectivity index (χ0) is 15.3. The number of carbonyl (C=O) groups is 3. The molecule has 1 aliphatic heterocycles. The summed E-state index contributed by atoms with van der Waals surface area (Å²) in [6.07, 6.45) is 1.73. The number of aliphatic carboxylic acids is 1. The lowest BCUT2D eigenvalue weighted by atomic mass is 9.90. The zero-order valence-electron chi connectivity index (χ0n) is 11.3. The molecule has 3 N–H and O–H groups in total. The molecule has 0 aromatic carbocycles. The fourth-order valence-corrected chi connectivity index (χ4v) is 2.08. The fourth-order valence-electron chi connectivity index (χ4n) is 2.08. The minimum atomic E-state index is -1.33. The predicted octanol–water partition coefficient (Wildman–Crippen LogP) is -0.241. The normalized spacial score (nSPS) is 17.0. The number of amides is 2. The van der Waals surface area contributed by atoms with Crippen LogP contribution < -0.4 is 10.6 Å². The molecule has 0 saturated carbocycles. The van der Waals surface area contributed by atoms with Crippen LogP contribution in [-0.2, 0) is 14.3 Å². The van der Waals surface area contributed by atoms with E-state index in [-0.39, 0.29) is 38.4 Å². The van der Waals surface area contributed by atoms with Crippen LogP contribution in [0.4, 0.5) is 0 Å². The van der Waals surface area contributed by atoms with E-state index in [4.69, 9.17) is 9.15 Å². The lowest BCUT2D eigenvalue weighted by molar-refractivity contribution is -0.151. The first kappa shape index (κ1) is 15.0. The minimum absolute atomic E-state index is 0.0850. The molecular formula is C13H16N2O6. The average Bonchev–Trinajstić information content (AvgIpc) is 3.00. The van der Waals surface area contributed by atoms with Gasteiger partial charge in [0.25, 0.3) is 5.91 Å². The third-order valence-corrected chi connectivity index (χ3v) is 3.29. The highest BCUT2D eigenvalue weighted by Gasteiger charge is 2.41. The van der Waals surface area contributed by atoms with Crippen LogP contribution >= 0.6 is 0 Å². The quantitative estimate of drug-likeness (QED) is 0.690. The molecular weight excluding hydrogens is 280 g/mol. The summed E-state index contributed by atoms with van der Waals surface area (Å²) in [5, 5.41) is 14.1. The van der Waals surface area contributed by atoms with E-state index in [1.54, 1.807) is 6.07 Å². The Labute approximate surface area is 120 Å². The van der Waals surface area contributed by atoms with Crippen molar-refractivity contribution in [3.8, 4) is 0 Å². The highest BCUT2D eigenvalue weighted by atomic mass is 16.5. The van der Waals surface area contributed by atoms with E-state index >= 15 is 0 Å². The molecule has 0 unspecified atom stereocenters. The maximum Gasteiger partial charge on any atom is 0.329 e. The van der Waals surface area contributed by atoms with Gasteiger partial charge in [-0.15, -0.1) is 0 Å². The third-order valence-electron chi connectivity index (χ3n) is 3.29. The number of hydrogen-bond donors (Lipinski definition) is 3. The number of nitrogens with one attached hydrogen (secondary N) is 2. The van der Waals surface area contributed by atoms with E-state index in [2.05, 4.69) is 10.6 Å². The van der Waals surface area contributed by atoms with Crippen molar-refractivity contribution in [2.45, 2.75) is 18.4 Å². The molecule has 2 amide bonds. The van der Waals surface area contributed by atoms with E-state index in [0.717, 1.165) is 0 Å². The van der Waals surface area contributed by atoms with Gasteiger partial charge in [-0.25, -0.2) is 4.79 Å². The van der Waals surface area contributed by atoms with Crippen molar-refractivity contribution in [3.05, 3.63) is 24.2 Å². The van der Waals surface area contributed by atoms with E-state index < -0.39 is 23.3 Å². The standard InChI is InChI=1S/C13H16N2O6/c16-10(8-14-11(17)9-2-1-5-21-9)15-13(12(18)19)3-6-20-7-4-13/h1-2,5H,3-4,6-8H2,(H,14,17)(H,15,16)(H,18,19). The summed E-state index contributed by atoms with van der Waals surface area (Å²) in [7, 11) is 0. The van der Waals surface area contributed by atoms with Crippen LogP contribution in [0.1, 0.15) is 23.4 Å². The first-order valence-electron chi connectivity index (χ1n) is 6.47. The van der Waals surface area contributed by atoms with Crippen molar-refractivity contribution in [3.63, 3.8) is 0 Å². The second-order valence-electron chi connectivity index (χ2n) is 4.71. The summed E-state index contributed by atoms with van der Waals surface area (Å²) in [6, 6.07) is 3.01. The van der Waals surface area contributed by atoms with E-state index in [1.165, 1.54) is 12.3 Å². The Morgan fingerprint density at radius 1 is 1.29 bits per heavy atom. The van der Waals surface area contributed by atoms with Crippen LogP contribution in [-0.4, -0.2) is 48.2 Å². The molecule has 1 aromatic rings. The number of rotatable bonds is 5. The van der Waals surface area contributed by atoms with Crippen LogP contribution in [0.5, 0.6) is 0 Å². The van der Waals surface area contributed by atoms with Gasteiger partial charge < -0.3 is 24.9 Å². The lowest BCUT2D eigenvalue weighted by Gasteiger charge is -2.33. The van der Waals surface area contributed by atoms with Gasteiger partial charge in [0.15, 0.2) is 5.76 Å². The summed E-state index contributed by atoms with van der Waals surface area (Å²) in [5.41, 5.74) is -1.33. The zero-order valence-corrected chi connectivity index (χ0v) is 11.3. The topological polar surface area (TPSA) is 118 Å². The van der Waals surface area contributed by atoms with E-state index in [9.17, 15) is 19.5 Å². The Balaban J connectivity index is 1.88. The molecule has 0 spiro atoms. The van der Waals surface area contributed by atoms with Crippen molar-refractivity contribution < 1.29 is 28.6 Å². The molecule has 0 bridgehead atoms. The predicted molar refractivity (Wildman–Crippen MR) is 69.6 cm³/mol. The van der Waals surface area contributed by atoms with Crippen molar-refractivity contribution in [1.82, 2.24) is 10.6 Å². The largest absolute Gasteiger partial charge is 0.480 e. The number of carbonyl (C=O) groups excluding carboxylic acids is 2. The van der Waals surface area contributed by atoms with Crippen LogP contribution in [0.15, 0.2) is 22.8 Å². The van der Waals surface area contributed by atoms with Gasteiger partial charge in [-0.05, 0) is 12.1 Å².